The van der Waals surface area contributed by atoms with Gasteiger partial charge in [0.1, 0.15) is 30.3 Å². The van der Waals surface area contributed by atoms with Crippen LogP contribution in [-0.4, -0.2) is 121 Å². The highest BCUT2D eigenvalue weighted by atomic mass is 16.4. The molecule has 0 rings (SSSR count). The standard InChI is InChI=1S/C49H81N3O17/c1-2-34(41(56)33-53)19-17-18-30-50-42(57)29-26-40(49(68)69)52-44(59)28-23-36(47(64)65)32-38(55)24-25-39(48(66)67)51-43(58)27-22-35(46(62)63)31-37(54)20-15-13-11-9-7-5-3-4-6-8-10-12-14-16-21-45(60)61/h34-36,39-40,53H,2-33H2,1H3,(H,50,57)(H,51,58)(H,52,59)(H,60,61)(H,62,63)(H,64,65)(H,66,67)(H,68,69)/t34-,35+,36+,39-,40-/m0/s1. The second-order valence-corrected chi connectivity index (χ2v) is 18.0. The minimum atomic E-state index is -1.56. The largest absolute Gasteiger partial charge is 0.481 e. The minimum Gasteiger partial charge on any atom is -0.481 e. The number of aliphatic hydroxyl groups excluding tert-OH is 1. The highest BCUT2D eigenvalue weighted by Gasteiger charge is 2.28. The van der Waals surface area contributed by atoms with Gasteiger partial charge in [-0.25, -0.2) is 9.59 Å². The summed E-state index contributed by atoms with van der Waals surface area (Å²) in [5, 5.41) is 63.4. The number of carboxylic acids is 5. The zero-order valence-electron chi connectivity index (χ0n) is 40.7. The molecule has 0 aliphatic heterocycles. The Morgan fingerprint density at radius 2 is 0.783 bits per heavy atom. The molecular weight excluding hydrogens is 903 g/mol. The summed E-state index contributed by atoms with van der Waals surface area (Å²) in [6.07, 6.45) is 13.4. The minimum absolute atomic E-state index is 0.215. The predicted octanol–water partition coefficient (Wildman–Crippen LogP) is 5.77. The van der Waals surface area contributed by atoms with E-state index in [4.69, 9.17) is 10.2 Å². The van der Waals surface area contributed by atoms with Gasteiger partial charge in [-0.2, -0.15) is 0 Å². The summed E-state index contributed by atoms with van der Waals surface area (Å²) in [4.78, 5) is 132. The monoisotopic (exact) mass is 984 g/mol. The summed E-state index contributed by atoms with van der Waals surface area (Å²) >= 11 is 0. The second-order valence-electron chi connectivity index (χ2n) is 18.0. The first-order chi connectivity index (χ1) is 32.8. The summed E-state index contributed by atoms with van der Waals surface area (Å²) in [5.41, 5.74) is 0. The van der Waals surface area contributed by atoms with Crippen molar-refractivity contribution in [1.82, 2.24) is 16.0 Å². The maximum absolute atomic E-state index is 12.7. The first kappa shape index (κ1) is 63.7. The van der Waals surface area contributed by atoms with Gasteiger partial charge in [-0.15, -0.1) is 0 Å². The van der Waals surface area contributed by atoms with Crippen molar-refractivity contribution in [2.75, 3.05) is 13.2 Å². The van der Waals surface area contributed by atoms with E-state index in [0.717, 1.165) is 57.8 Å². The third kappa shape index (κ3) is 34.6. The molecule has 0 saturated heterocycles. The maximum atomic E-state index is 12.7. The van der Waals surface area contributed by atoms with Crippen LogP contribution in [0, 0.1) is 17.8 Å². The third-order valence-electron chi connectivity index (χ3n) is 12.2. The lowest BCUT2D eigenvalue weighted by Crippen LogP contribution is -2.42. The molecule has 69 heavy (non-hydrogen) atoms. The van der Waals surface area contributed by atoms with Crippen LogP contribution in [0.4, 0.5) is 0 Å². The Morgan fingerprint density at radius 3 is 1.17 bits per heavy atom. The zero-order chi connectivity index (χ0) is 52.0. The highest BCUT2D eigenvalue weighted by molar-refractivity contribution is 5.88. The van der Waals surface area contributed by atoms with E-state index in [9.17, 15) is 73.2 Å². The van der Waals surface area contributed by atoms with Gasteiger partial charge in [-0.1, -0.05) is 90.4 Å². The lowest BCUT2D eigenvalue weighted by atomic mass is 9.94. The van der Waals surface area contributed by atoms with E-state index in [0.29, 0.717) is 32.1 Å². The summed E-state index contributed by atoms with van der Waals surface area (Å²) in [5.74, 6) is -12.4. The van der Waals surface area contributed by atoms with Crippen LogP contribution in [0.25, 0.3) is 0 Å². The molecule has 0 aliphatic rings. The molecule has 5 atom stereocenters. The molecule has 0 unspecified atom stereocenters. The van der Waals surface area contributed by atoms with Crippen molar-refractivity contribution < 1.29 is 83.4 Å². The van der Waals surface area contributed by atoms with Gasteiger partial charge < -0.3 is 46.6 Å². The van der Waals surface area contributed by atoms with Crippen molar-refractivity contribution in [3.8, 4) is 0 Å². The number of Topliss-reactive ketones (excluding diaryl/α,β-unsaturated/α-hetero) is 3. The van der Waals surface area contributed by atoms with Crippen LogP contribution in [0.15, 0.2) is 0 Å². The molecule has 0 aromatic rings. The number of rotatable bonds is 47. The molecule has 0 saturated carbocycles. The smallest absolute Gasteiger partial charge is 0.326 e. The van der Waals surface area contributed by atoms with Gasteiger partial charge in [0, 0.05) is 63.8 Å². The Hall–Kier alpha value is -5.27. The van der Waals surface area contributed by atoms with Crippen molar-refractivity contribution >= 4 is 64.9 Å². The summed E-state index contributed by atoms with van der Waals surface area (Å²) in [7, 11) is 0. The number of aliphatic carboxylic acids is 5. The second kappa shape index (κ2) is 39.6. The van der Waals surface area contributed by atoms with E-state index in [1.165, 1.54) is 25.7 Å². The lowest BCUT2D eigenvalue weighted by molar-refractivity contribution is -0.145. The normalized spacial score (nSPS) is 13.2. The van der Waals surface area contributed by atoms with E-state index < -0.39 is 116 Å². The molecule has 20 heteroatoms. The number of unbranched alkanes of at least 4 members (excludes halogenated alkanes) is 14. The average Bonchev–Trinajstić information content (AvgIpc) is 3.29. The predicted molar refractivity (Wildman–Crippen MR) is 252 cm³/mol. The zero-order valence-corrected chi connectivity index (χ0v) is 40.7. The van der Waals surface area contributed by atoms with Gasteiger partial charge in [0.25, 0.3) is 0 Å². The molecule has 0 spiro atoms. The average molecular weight is 984 g/mol. The first-order valence-corrected chi connectivity index (χ1v) is 25.0. The Morgan fingerprint density at radius 1 is 0.391 bits per heavy atom. The number of aliphatic hydroxyl groups is 1. The fourth-order valence-electron chi connectivity index (χ4n) is 7.89. The number of carboxylic acid groups (broad SMARTS) is 5. The SMILES string of the molecule is CC[C@@H](CCCCNC(=O)CC[C@H](NC(=O)CC[C@H](CC(=O)CC[C@H](NC(=O)CC[C@H](CC(=O)CCCCCCCCCCCCCCCCC(=O)O)C(=O)O)C(=O)O)C(=O)O)C(=O)O)C(=O)CO. The maximum Gasteiger partial charge on any atom is 0.326 e. The third-order valence-corrected chi connectivity index (χ3v) is 12.2. The topological polar surface area (TPSA) is 345 Å². The van der Waals surface area contributed by atoms with Crippen LogP contribution in [0.5, 0.6) is 0 Å². The molecule has 0 aliphatic carbocycles. The van der Waals surface area contributed by atoms with Gasteiger partial charge in [-0.05, 0) is 57.8 Å². The van der Waals surface area contributed by atoms with Crippen molar-refractivity contribution in [2.45, 2.75) is 212 Å². The van der Waals surface area contributed by atoms with Crippen molar-refractivity contribution in [2.24, 2.45) is 17.8 Å². The van der Waals surface area contributed by atoms with Crippen LogP contribution in [0.2, 0.25) is 0 Å². The molecule has 0 bridgehead atoms. The van der Waals surface area contributed by atoms with Crippen molar-refractivity contribution in [3.05, 3.63) is 0 Å². The molecule has 3 amide bonds. The fourth-order valence-corrected chi connectivity index (χ4v) is 7.89. The Balaban J connectivity index is 4.58. The Labute approximate surface area is 405 Å². The Kier molecular flexibility index (Phi) is 36.5. The van der Waals surface area contributed by atoms with E-state index in [1.807, 2.05) is 6.92 Å². The van der Waals surface area contributed by atoms with E-state index in [2.05, 4.69) is 16.0 Å². The molecular formula is C49H81N3O17. The van der Waals surface area contributed by atoms with Crippen LogP contribution < -0.4 is 16.0 Å². The lowest BCUT2D eigenvalue weighted by Gasteiger charge is -2.17. The Bertz CT molecular complexity index is 1620. The number of ketones is 3. The van der Waals surface area contributed by atoms with Gasteiger partial charge in [0.05, 0.1) is 11.8 Å². The van der Waals surface area contributed by atoms with Crippen LogP contribution >= 0.6 is 0 Å². The van der Waals surface area contributed by atoms with Crippen molar-refractivity contribution in [3.63, 3.8) is 0 Å². The molecule has 0 heterocycles. The summed E-state index contributed by atoms with van der Waals surface area (Å²) in [6.45, 7) is 1.59. The summed E-state index contributed by atoms with van der Waals surface area (Å²) < 4.78 is 0. The molecule has 0 aromatic carbocycles. The van der Waals surface area contributed by atoms with Gasteiger partial charge in [0.15, 0.2) is 5.78 Å². The number of nitrogens with one attached hydrogen (secondary N) is 3. The molecule has 20 nitrogen and oxygen atoms in total. The number of hydrogen-bond donors (Lipinski definition) is 9. The highest BCUT2D eigenvalue weighted by Crippen LogP contribution is 2.19. The molecule has 9 N–H and O–H groups in total. The van der Waals surface area contributed by atoms with Gasteiger partial charge >= 0.3 is 29.8 Å². The number of hydrogen-bond acceptors (Lipinski definition) is 12. The fraction of sp³-hybridized carbons (Fsp3) is 0.776. The van der Waals surface area contributed by atoms with E-state index in [1.54, 1.807) is 0 Å². The number of amides is 3. The van der Waals surface area contributed by atoms with Gasteiger partial charge in [-0.3, -0.25) is 43.2 Å². The number of carbonyl (C=O) groups excluding carboxylic acids is 6. The summed E-state index contributed by atoms with van der Waals surface area (Å²) in [6, 6.07) is -3.02. The van der Waals surface area contributed by atoms with Crippen LogP contribution in [0.1, 0.15) is 200 Å². The van der Waals surface area contributed by atoms with E-state index >= 15 is 0 Å². The number of carbonyl (C=O) groups is 11. The van der Waals surface area contributed by atoms with Gasteiger partial charge in [0.2, 0.25) is 17.7 Å². The molecule has 0 radical (unpaired) electrons. The van der Waals surface area contributed by atoms with Crippen LogP contribution in [-0.2, 0) is 52.7 Å². The van der Waals surface area contributed by atoms with Crippen LogP contribution in [0.3, 0.4) is 0 Å². The molecule has 394 valence electrons. The van der Waals surface area contributed by atoms with Crippen molar-refractivity contribution in [1.29, 1.82) is 0 Å². The molecule has 0 aromatic heterocycles. The first-order valence-electron chi connectivity index (χ1n) is 25.0. The van der Waals surface area contributed by atoms with E-state index in [-0.39, 0.29) is 69.0 Å². The quantitative estimate of drug-likeness (QED) is 0.0327. The molecule has 0 fully saturated rings.